The minimum absolute atomic E-state index is 0.292. The number of nitrogens with zero attached hydrogens (tertiary/aromatic N) is 3. The van der Waals surface area contributed by atoms with Gasteiger partial charge in [-0.3, -0.25) is 4.79 Å². The molecule has 0 fully saturated rings. The van der Waals surface area contributed by atoms with Crippen LogP contribution in [0, 0.1) is 0 Å². The van der Waals surface area contributed by atoms with Crippen molar-refractivity contribution in [1.29, 1.82) is 0 Å². The molecule has 0 bridgehead atoms. The van der Waals surface area contributed by atoms with Crippen LogP contribution in [0.3, 0.4) is 0 Å². The Bertz CT molecular complexity index is 505. The zero-order valence-electron chi connectivity index (χ0n) is 8.51. The van der Waals surface area contributed by atoms with Gasteiger partial charge in [0.15, 0.2) is 17.8 Å². The van der Waals surface area contributed by atoms with Crippen molar-refractivity contribution in [3.05, 3.63) is 23.7 Å². The molecule has 0 radical (unpaired) electrons. The number of furan rings is 1. The predicted molar refractivity (Wildman–Crippen MR) is 54.8 cm³/mol. The van der Waals surface area contributed by atoms with E-state index >= 15 is 0 Å². The van der Waals surface area contributed by atoms with Crippen LogP contribution in [0.2, 0.25) is 0 Å². The second kappa shape index (κ2) is 3.57. The van der Waals surface area contributed by atoms with E-state index in [4.69, 9.17) is 4.42 Å². The Morgan fingerprint density at radius 3 is 3.19 bits per heavy atom. The topological polar surface area (TPSA) is 73.0 Å². The number of aldehydes is 1. The number of fused-ring (bicyclic) bond motifs is 1. The van der Waals surface area contributed by atoms with Gasteiger partial charge in [-0.1, -0.05) is 0 Å². The van der Waals surface area contributed by atoms with Crippen LogP contribution >= 0.6 is 0 Å². The molecule has 0 saturated heterocycles. The lowest BCUT2D eigenvalue weighted by atomic mass is 10.4. The largest absolute Gasteiger partial charge is 0.450 e. The Morgan fingerprint density at radius 2 is 2.44 bits per heavy atom. The van der Waals surface area contributed by atoms with Gasteiger partial charge in [-0.05, 0) is 12.1 Å². The number of nitrogens with one attached hydrogen (secondary N) is 1. The minimum atomic E-state index is 0.292. The number of aromatic nitrogens is 3. The van der Waals surface area contributed by atoms with Crippen LogP contribution < -0.4 is 5.32 Å². The molecule has 0 spiro atoms. The molecule has 1 aliphatic rings. The molecular weight excluding hydrogens is 208 g/mol. The Hall–Kier alpha value is -1.95. The predicted octanol–water partition coefficient (Wildman–Crippen LogP) is 0.454. The summed E-state index contributed by atoms with van der Waals surface area (Å²) < 4.78 is 7.13. The van der Waals surface area contributed by atoms with Crippen molar-refractivity contribution in [2.45, 2.75) is 13.1 Å². The summed E-state index contributed by atoms with van der Waals surface area (Å²) in [6.45, 7) is 2.42. The Labute approximate surface area is 91.3 Å². The summed E-state index contributed by atoms with van der Waals surface area (Å²) in [6, 6.07) is 3.32. The maximum absolute atomic E-state index is 10.5. The van der Waals surface area contributed by atoms with Crippen molar-refractivity contribution in [3.63, 3.8) is 0 Å². The summed E-state index contributed by atoms with van der Waals surface area (Å²) in [5.41, 5.74) is 0. The molecule has 3 rings (SSSR count). The van der Waals surface area contributed by atoms with Crippen molar-refractivity contribution >= 4 is 6.29 Å². The van der Waals surface area contributed by atoms with Crippen molar-refractivity contribution in [3.8, 4) is 11.6 Å². The highest BCUT2D eigenvalue weighted by Gasteiger charge is 2.16. The summed E-state index contributed by atoms with van der Waals surface area (Å²) in [5, 5.41) is 7.54. The summed E-state index contributed by atoms with van der Waals surface area (Å²) in [6.07, 6.45) is 0.668. The van der Waals surface area contributed by atoms with E-state index in [0.29, 0.717) is 30.2 Å². The number of carbonyl (C=O) groups is 1. The van der Waals surface area contributed by atoms with Gasteiger partial charge in [-0.15, -0.1) is 5.10 Å². The fourth-order valence-corrected chi connectivity index (χ4v) is 1.71. The molecular formula is C10H10N4O2. The smallest absolute Gasteiger partial charge is 0.217 e. The third kappa shape index (κ3) is 1.43. The highest BCUT2D eigenvalue weighted by atomic mass is 16.3. The Morgan fingerprint density at radius 1 is 1.50 bits per heavy atom. The second-order valence-corrected chi connectivity index (χ2v) is 3.57. The lowest BCUT2D eigenvalue weighted by molar-refractivity contribution is 0.110. The van der Waals surface area contributed by atoms with Crippen LogP contribution in [0.15, 0.2) is 16.5 Å². The van der Waals surface area contributed by atoms with Gasteiger partial charge in [0.25, 0.3) is 0 Å². The molecule has 6 nitrogen and oxygen atoms in total. The summed E-state index contributed by atoms with van der Waals surface area (Å²) in [4.78, 5) is 14.8. The van der Waals surface area contributed by atoms with Gasteiger partial charge in [0.1, 0.15) is 5.82 Å². The fourth-order valence-electron chi connectivity index (χ4n) is 1.71. The summed E-state index contributed by atoms with van der Waals surface area (Å²) in [5.74, 6) is 2.25. The average molecular weight is 218 g/mol. The van der Waals surface area contributed by atoms with Crippen LogP contribution in [0.5, 0.6) is 0 Å². The highest BCUT2D eigenvalue weighted by molar-refractivity contribution is 5.71. The van der Waals surface area contributed by atoms with E-state index in [-0.39, 0.29) is 0 Å². The van der Waals surface area contributed by atoms with Crippen molar-refractivity contribution in [2.24, 2.45) is 0 Å². The molecule has 0 aromatic carbocycles. The second-order valence-electron chi connectivity index (χ2n) is 3.57. The average Bonchev–Trinajstić information content (AvgIpc) is 2.95. The molecule has 3 heterocycles. The number of hydrogen-bond donors (Lipinski definition) is 1. The van der Waals surface area contributed by atoms with Gasteiger partial charge in [0, 0.05) is 6.54 Å². The molecule has 6 heteroatoms. The molecule has 1 N–H and O–H groups in total. The molecule has 16 heavy (non-hydrogen) atoms. The maximum atomic E-state index is 10.5. The molecule has 0 saturated carbocycles. The first-order valence-electron chi connectivity index (χ1n) is 5.06. The van der Waals surface area contributed by atoms with Crippen LogP contribution in [0.1, 0.15) is 16.4 Å². The van der Waals surface area contributed by atoms with E-state index in [1.807, 2.05) is 4.68 Å². The van der Waals surface area contributed by atoms with Crippen LogP contribution in [-0.2, 0) is 13.1 Å². The first kappa shape index (κ1) is 9.29. The quantitative estimate of drug-likeness (QED) is 0.741. The minimum Gasteiger partial charge on any atom is -0.450 e. The van der Waals surface area contributed by atoms with Gasteiger partial charge in [-0.2, -0.15) is 0 Å². The van der Waals surface area contributed by atoms with Crippen molar-refractivity contribution in [2.75, 3.05) is 6.54 Å². The first-order valence-corrected chi connectivity index (χ1v) is 5.06. The molecule has 2 aromatic heterocycles. The number of hydrogen-bond acceptors (Lipinski definition) is 5. The number of carbonyl (C=O) groups excluding carboxylic acids is 1. The van der Waals surface area contributed by atoms with E-state index in [9.17, 15) is 4.79 Å². The molecule has 0 aliphatic carbocycles. The van der Waals surface area contributed by atoms with E-state index in [1.165, 1.54) is 0 Å². The number of rotatable bonds is 2. The van der Waals surface area contributed by atoms with Gasteiger partial charge < -0.3 is 9.73 Å². The zero-order valence-corrected chi connectivity index (χ0v) is 8.51. The summed E-state index contributed by atoms with van der Waals surface area (Å²) in [7, 11) is 0. The molecule has 1 aliphatic heterocycles. The standard InChI is InChI=1S/C10H10N4O2/c15-6-7-1-2-8(16-7)10-12-9-5-11-3-4-14(9)13-10/h1-2,6,11H,3-5H2. The monoisotopic (exact) mass is 218 g/mol. The van der Waals surface area contributed by atoms with Crippen LogP contribution in [0.4, 0.5) is 0 Å². The highest BCUT2D eigenvalue weighted by Crippen LogP contribution is 2.18. The maximum Gasteiger partial charge on any atom is 0.217 e. The first-order chi connectivity index (χ1) is 7.86. The third-order valence-electron chi connectivity index (χ3n) is 2.50. The van der Waals surface area contributed by atoms with E-state index in [0.717, 1.165) is 18.9 Å². The lowest BCUT2D eigenvalue weighted by Crippen LogP contribution is -2.28. The molecule has 0 unspecified atom stereocenters. The van der Waals surface area contributed by atoms with Crippen LogP contribution in [-0.4, -0.2) is 27.6 Å². The van der Waals surface area contributed by atoms with Gasteiger partial charge in [0.2, 0.25) is 5.82 Å². The normalized spacial score (nSPS) is 14.8. The molecule has 0 atom stereocenters. The summed E-state index contributed by atoms with van der Waals surface area (Å²) >= 11 is 0. The Kier molecular flexibility index (Phi) is 2.07. The van der Waals surface area contributed by atoms with Gasteiger partial charge in [0.05, 0.1) is 13.1 Å². The van der Waals surface area contributed by atoms with E-state index < -0.39 is 0 Å². The van der Waals surface area contributed by atoms with Gasteiger partial charge >= 0.3 is 0 Å². The third-order valence-corrected chi connectivity index (χ3v) is 2.50. The van der Waals surface area contributed by atoms with E-state index in [2.05, 4.69) is 15.4 Å². The van der Waals surface area contributed by atoms with Crippen LogP contribution in [0.25, 0.3) is 11.6 Å². The van der Waals surface area contributed by atoms with Crippen molar-refractivity contribution in [1.82, 2.24) is 20.1 Å². The molecule has 2 aromatic rings. The van der Waals surface area contributed by atoms with E-state index in [1.54, 1.807) is 12.1 Å². The SMILES string of the molecule is O=Cc1ccc(-c2nc3n(n2)CCNC3)o1. The molecule has 0 amide bonds. The zero-order chi connectivity index (χ0) is 11.0. The van der Waals surface area contributed by atoms with Gasteiger partial charge in [-0.25, -0.2) is 9.67 Å². The molecule has 82 valence electrons. The fraction of sp³-hybridized carbons (Fsp3) is 0.300. The van der Waals surface area contributed by atoms with Crippen molar-refractivity contribution < 1.29 is 9.21 Å². The lowest BCUT2D eigenvalue weighted by Gasteiger charge is -2.11. The Balaban J connectivity index is 1.99.